The number of carbonyl (C=O) groups excluding carboxylic acids is 1. The van der Waals surface area contributed by atoms with Crippen LogP contribution in [-0.2, 0) is 0 Å². The van der Waals surface area contributed by atoms with E-state index in [1.54, 1.807) is 6.07 Å². The Morgan fingerprint density at radius 2 is 2.12 bits per heavy atom. The quantitative estimate of drug-likeness (QED) is 0.831. The van der Waals surface area contributed by atoms with Crippen LogP contribution in [0.1, 0.15) is 16.8 Å². The highest BCUT2D eigenvalue weighted by molar-refractivity contribution is 5.96. The van der Waals surface area contributed by atoms with Crippen LogP contribution < -0.4 is 4.74 Å². The molecular formula is C11H11F3O3. The molecule has 0 fully saturated rings. The van der Waals surface area contributed by atoms with Gasteiger partial charge in [-0.2, -0.15) is 13.2 Å². The Bertz CT molecular complexity index is 401. The molecule has 1 rings (SSSR count). The van der Waals surface area contributed by atoms with Gasteiger partial charge in [-0.15, -0.1) is 0 Å². The molecule has 0 heterocycles. The van der Waals surface area contributed by atoms with Crippen molar-refractivity contribution in [2.24, 2.45) is 0 Å². The molecule has 0 saturated heterocycles. The van der Waals surface area contributed by atoms with Crippen LogP contribution in [0.2, 0.25) is 0 Å². The van der Waals surface area contributed by atoms with Crippen molar-refractivity contribution in [1.82, 2.24) is 0 Å². The molecule has 0 spiro atoms. The first-order chi connectivity index (χ1) is 7.84. The molecule has 6 heteroatoms. The van der Waals surface area contributed by atoms with E-state index in [2.05, 4.69) is 0 Å². The third-order valence-electron chi connectivity index (χ3n) is 2.15. The van der Waals surface area contributed by atoms with Gasteiger partial charge in [0.15, 0.2) is 11.9 Å². The number of rotatable bonds is 4. The number of Topliss-reactive ketones (excluding diaryl/α,β-unsaturated/α-hetero) is 1. The summed E-state index contributed by atoms with van der Waals surface area (Å²) >= 11 is 0. The number of methoxy groups -OCH3 is 1. The van der Waals surface area contributed by atoms with E-state index in [4.69, 9.17) is 9.84 Å². The number of benzene rings is 1. The molecule has 0 amide bonds. The van der Waals surface area contributed by atoms with Gasteiger partial charge in [0.2, 0.25) is 0 Å². The van der Waals surface area contributed by atoms with Gasteiger partial charge < -0.3 is 9.84 Å². The van der Waals surface area contributed by atoms with Crippen molar-refractivity contribution in [1.29, 1.82) is 0 Å². The van der Waals surface area contributed by atoms with Crippen LogP contribution in [-0.4, -0.2) is 30.3 Å². The first kappa shape index (κ1) is 13.5. The molecule has 0 unspecified atom stereocenters. The Labute approximate surface area is 95.8 Å². The van der Waals surface area contributed by atoms with Crippen LogP contribution in [0, 0.1) is 0 Å². The summed E-state index contributed by atoms with van der Waals surface area (Å²) in [6.45, 7) is 0. The number of hydrogen-bond donors (Lipinski definition) is 1. The van der Waals surface area contributed by atoms with Gasteiger partial charge in [-0.05, 0) is 12.1 Å². The molecule has 0 aliphatic carbocycles. The topological polar surface area (TPSA) is 46.5 Å². The molecular weight excluding hydrogens is 237 g/mol. The standard InChI is InChI=1S/C11H11F3O3/c1-17-8-4-2-3-7(5-8)9(15)6-10(16)11(12,13)14/h2-5,10,16H,6H2,1H3/t10-/m1/s1. The maximum Gasteiger partial charge on any atom is 0.414 e. The minimum Gasteiger partial charge on any atom is -0.497 e. The second kappa shape index (κ2) is 5.18. The molecule has 1 N–H and O–H groups in total. The fourth-order valence-electron chi connectivity index (χ4n) is 1.21. The number of aliphatic hydroxyl groups is 1. The predicted molar refractivity (Wildman–Crippen MR) is 54.0 cm³/mol. The fraction of sp³-hybridized carbons (Fsp3) is 0.364. The molecule has 1 aromatic rings. The monoisotopic (exact) mass is 248 g/mol. The molecule has 0 saturated carbocycles. The van der Waals surface area contributed by atoms with Gasteiger partial charge in [-0.3, -0.25) is 4.79 Å². The van der Waals surface area contributed by atoms with Crippen molar-refractivity contribution in [2.45, 2.75) is 18.7 Å². The van der Waals surface area contributed by atoms with Crippen LogP contribution in [0.5, 0.6) is 5.75 Å². The summed E-state index contributed by atoms with van der Waals surface area (Å²) in [4.78, 5) is 11.5. The summed E-state index contributed by atoms with van der Waals surface area (Å²) < 4.78 is 41.0. The van der Waals surface area contributed by atoms with Gasteiger partial charge >= 0.3 is 6.18 Å². The van der Waals surface area contributed by atoms with E-state index < -0.39 is 24.5 Å². The first-order valence-corrected chi connectivity index (χ1v) is 4.76. The number of halogens is 3. The highest BCUT2D eigenvalue weighted by Crippen LogP contribution is 2.24. The summed E-state index contributed by atoms with van der Waals surface area (Å²) in [5.74, 6) is -0.411. The third-order valence-corrected chi connectivity index (χ3v) is 2.15. The van der Waals surface area contributed by atoms with E-state index in [-0.39, 0.29) is 5.56 Å². The number of alkyl halides is 3. The Hall–Kier alpha value is -1.56. The summed E-state index contributed by atoms with van der Waals surface area (Å²) in [5.41, 5.74) is 0.0765. The van der Waals surface area contributed by atoms with Gasteiger partial charge in [-0.25, -0.2) is 0 Å². The normalized spacial score (nSPS) is 13.2. The summed E-state index contributed by atoms with van der Waals surface area (Å²) in [5, 5.41) is 8.77. The van der Waals surface area contributed by atoms with Gasteiger partial charge in [0, 0.05) is 12.0 Å². The molecule has 0 bridgehead atoms. The fourth-order valence-corrected chi connectivity index (χ4v) is 1.21. The van der Waals surface area contributed by atoms with E-state index in [9.17, 15) is 18.0 Å². The first-order valence-electron chi connectivity index (χ1n) is 4.76. The zero-order valence-electron chi connectivity index (χ0n) is 8.99. The highest BCUT2D eigenvalue weighted by atomic mass is 19.4. The SMILES string of the molecule is COc1cccc(C(=O)C[C@@H](O)C(F)(F)F)c1. The van der Waals surface area contributed by atoms with Gasteiger partial charge in [0.25, 0.3) is 0 Å². The molecule has 94 valence electrons. The van der Waals surface area contributed by atoms with Crippen molar-refractivity contribution in [3.8, 4) is 5.75 Å². The van der Waals surface area contributed by atoms with E-state index in [0.29, 0.717) is 5.75 Å². The zero-order valence-corrected chi connectivity index (χ0v) is 8.99. The smallest absolute Gasteiger partial charge is 0.414 e. The van der Waals surface area contributed by atoms with Crippen molar-refractivity contribution < 1.29 is 27.8 Å². The summed E-state index contributed by atoms with van der Waals surface area (Å²) in [7, 11) is 1.38. The van der Waals surface area contributed by atoms with Crippen molar-refractivity contribution >= 4 is 5.78 Å². The molecule has 1 atom stereocenters. The minimum absolute atomic E-state index is 0.0765. The Morgan fingerprint density at radius 1 is 1.47 bits per heavy atom. The average Bonchev–Trinajstić information content (AvgIpc) is 2.27. The Kier molecular flexibility index (Phi) is 4.11. The molecule has 3 nitrogen and oxygen atoms in total. The predicted octanol–water partition coefficient (Wildman–Crippen LogP) is 2.19. The molecule has 1 aromatic carbocycles. The van der Waals surface area contributed by atoms with Crippen LogP contribution in [0.4, 0.5) is 13.2 Å². The van der Waals surface area contributed by atoms with Crippen molar-refractivity contribution in [3.05, 3.63) is 29.8 Å². The van der Waals surface area contributed by atoms with Crippen molar-refractivity contribution in [2.75, 3.05) is 7.11 Å². The van der Waals surface area contributed by atoms with Crippen molar-refractivity contribution in [3.63, 3.8) is 0 Å². The lowest BCUT2D eigenvalue weighted by Crippen LogP contribution is -2.30. The molecule has 0 aliphatic heterocycles. The average molecular weight is 248 g/mol. The molecule has 0 aliphatic rings. The van der Waals surface area contributed by atoms with Gasteiger partial charge in [-0.1, -0.05) is 12.1 Å². The summed E-state index contributed by atoms with van der Waals surface area (Å²) in [6.07, 6.45) is -8.41. The Balaban J connectivity index is 2.76. The van der Waals surface area contributed by atoms with Crippen LogP contribution in [0.15, 0.2) is 24.3 Å². The van der Waals surface area contributed by atoms with E-state index in [0.717, 1.165) is 0 Å². The third kappa shape index (κ3) is 3.74. The molecule has 0 aromatic heterocycles. The lowest BCUT2D eigenvalue weighted by molar-refractivity contribution is -0.202. The second-order valence-electron chi connectivity index (χ2n) is 3.42. The number of ether oxygens (including phenoxy) is 1. The maximum absolute atomic E-state index is 12.0. The summed E-state index contributed by atoms with van der Waals surface area (Å²) in [6, 6.07) is 5.75. The minimum atomic E-state index is -4.78. The van der Waals surface area contributed by atoms with E-state index >= 15 is 0 Å². The van der Waals surface area contributed by atoms with Crippen LogP contribution >= 0.6 is 0 Å². The van der Waals surface area contributed by atoms with E-state index in [1.165, 1.54) is 25.3 Å². The lowest BCUT2D eigenvalue weighted by atomic mass is 10.0. The van der Waals surface area contributed by atoms with Crippen LogP contribution in [0.3, 0.4) is 0 Å². The maximum atomic E-state index is 12.0. The van der Waals surface area contributed by atoms with Gasteiger partial charge in [0.1, 0.15) is 5.75 Å². The molecule has 0 radical (unpaired) electrons. The van der Waals surface area contributed by atoms with E-state index in [1.807, 2.05) is 0 Å². The van der Waals surface area contributed by atoms with Gasteiger partial charge in [0.05, 0.1) is 7.11 Å². The Morgan fingerprint density at radius 3 is 2.65 bits per heavy atom. The number of hydrogen-bond acceptors (Lipinski definition) is 3. The number of carbonyl (C=O) groups is 1. The number of aliphatic hydroxyl groups excluding tert-OH is 1. The highest BCUT2D eigenvalue weighted by Gasteiger charge is 2.39. The van der Waals surface area contributed by atoms with Crippen LogP contribution in [0.25, 0.3) is 0 Å². The number of ketones is 1. The zero-order chi connectivity index (χ0) is 13.1. The second-order valence-corrected chi connectivity index (χ2v) is 3.42. The molecule has 17 heavy (non-hydrogen) atoms. The largest absolute Gasteiger partial charge is 0.497 e. The lowest BCUT2D eigenvalue weighted by Gasteiger charge is -2.13.